The van der Waals surface area contributed by atoms with Crippen molar-refractivity contribution in [3.8, 4) is 0 Å². The van der Waals surface area contributed by atoms with E-state index in [9.17, 15) is 9.59 Å². The predicted molar refractivity (Wildman–Crippen MR) is 90.7 cm³/mol. The van der Waals surface area contributed by atoms with Crippen LogP contribution >= 0.6 is 11.3 Å². The molecular weight excluding hydrogens is 312 g/mol. The van der Waals surface area contributed by atoms with Crippen LogP contribution in [0.4, 0.5) is 0 Å². The normalized spacial score (nSPS) is 16.0. The van der Waals surface area contributed by atoms with Crippen LogP contribution in [0, 0.1) is 5.92 Å². The average Bonchev–Trinajstić information content (AvgIpc) is 3.15. The number of ether oxygens (including phenoxy) is 1. The van der Waals surface area contributed by atoms with Crippen LogP contribution in [0.1, 0.15) is 37.2 Å². The van der Waals surface area contributed by atoms with E-state index in [1.165, 1.54) is 0 Å². The molecule has 0 spiro atoms. The summed E-state index contributed by atoms with van der Waals surface area (Å²) in [5, 5.41) is 2.05. The van der Waals surface area contributed by atoms with E-state index in [1.54, 1.807) is 11.3 Å². The second-order valence-corrected chi connectivity index (χ2v) is 6.71. The van der Waals surface area contributed by atoms with Gasteiger partial charge in [-0.15, -0.1) is 11.3 Å². The summed E-state index contributed by atoms with van der Waals surface area (Å²) < 4.78 is 8.31. The molecule has 0 saturated carbocycles. The predicted octanol–water partition coefficient (Wildman–Crippen LogP) is 3.14. The van der Waals surface area contributed by atoms with E-state index in [4.69, 9.17) is 4.74 Å². The highest BCUT2D eigenvalue weighted by molar-refractivity contribution is 7.17. The van der Waals surface area contributed by atoms with Crippen molar-refractivity contribution >= 4 is 33.4 Å². The molecule has 1 saturated heterocycles. The Morgan fingerprint density at radius 1 is 1.30 bits per heavy atom. The summed E-state index contributed by atoms with van der Waals surface area (Å²) in [6.07, 6.45) is 1.37. The van der Waals surface area contributed by atoms with Crippen molar-refractivity contribution in [3.05, 3.63) is 23.2 Å². The van der Waals surface area contributed by atoms with Gasteiger partial charge in [0.25, 0.3) is 5.91 Å². The van der Waals surface area contributed by atoms with Crippen molar-refractivity contribution in [3.63, 3.8) is 0 Å². The maximum atomic E-state index is 12.8. The topological polar surface area (TPSA) is 51.5 Å². The Morgan fingerprint density at radius 2 is 2.04 bits per heavy atom. The first-order valence-corrected chi connectivity index (χ1v) is 9.06. The number of carbonyl (C=O) groups excluding carboxylic acids is 2. The third-order valence-corrected chi connectivity index (χ3v) is 5.31. The molecule has 124 valence electrons. The van der Waals surface area contributed by atoms with Gasteiger partial charge in [0, 0.05) is 19.6 Å². The second-order valence-electron chi connectivity index (χ2n) is 5.76. The fourth-order valence-electron chi connectivity index (χ4n) is 3.24. The molecular formula is C17H22N2O3S. The van der Waals surface area contributed by atoms with Gasteiger partial charge >= 0.3 is 5.97 Å². The molecule has 1 amide bonds. The number of thiophene rings is 1. The van der Waals surface area contributed by atoms with Crippen molar-refractivity contribution in [2.24, 2.45) is 5.92 Å². The largest absolute Gasteiger partial charge is 0.466 e. The monoisotopic (exact) mass is 334 g/mol. The summed E-state index contributed by atoms with van der Waals surface area (Å²) in [5.74, 6) is -0.130. The Hall–Kier alpha value is -1.82. The summed E-state index contributed by atoms with van der Waals surface area (Å²) in [4.78, 5) is 26.5. The highest BCUT2D eigenvalue weighted by atomic mass is 32.1. The molecule has 0 aliphatic carbocycles. The number of fused-ring (bicyclic) bond motifs is 1. The molecule has 3 rings (SSSR count). The summed E-state index contributed by atoms with van der Waals surface area (Å²) in [5.41, 5.74) is 1.88. The SMILES string of the molecule is CCOC(=O)C1CCN(C(=O)c2cc3sccc3n2CC)CC1. The van der Waals surface area contributed by atoms with Gasteiger partial charge < -0.3 is 14.2 Å². The Labute approximate surface area is 139 Å². The van der Waals surface area contributed by atoms with Crippen LogP contribution < -0.4 is 0 Å². The first-order chi connectivity index (χ1) is 11.2. The summed E-state index contributed by atoms with van der Waals surface area (Å²) in [6, 6.07) is 4.05. The number of likely N-dealkylation sites (tertiary alicyclic amines) is 1. The van der Waals surface area contributed by atoms with Crippen molar-refractivity contribution < 1.29 is 14.3 Å². The fourth-order valence-corrected chi connectivity index (χ4v) is 4.06. The lowest BCUT2D eigenvalue weighted by atomic mass is 9.97. The molecule has 0 atom stereocenters. The van der Waals surface area contributed by atoms with Crippen LogP contribution in [0.15, 0.2) is 17.5 Å². The van der Waals surface area contributed by atoms with E-state index in [2.05, 4.69) is 22.9 Å². The molecule has 23 heavy (non-hydrogen) atoms. The molecule has 2 aromatic rings. The summed E-state index contributed by atoms with van der Waals surface area (Å²) >= 11 is 1.66. The van der Waals surface area contributed by atoms with Gasteiger partial charge in [-0.1, -0.05) is 0 Å². The standard InChI is InChI=1S/C17H22N2O3S/c1-3-19-13-7-10-23-15(13)11-14(19)16(20)18-8-5-12(6-9-18)17(21)22-4-2/h7,10-12H,3-6,8-9H2,1-2H3. The number of hydrogen-bond acceptors (Lipinski definition) is 4. The number of nitrogens with zero attached hydrogens (tertiary/aromatic N) is 2. The van der Waals surface area contributed by atoms with Crippen LogP contribution in [0.3, 0.4) is 0 Å². The lowest BCUT2D eigenvalue weighted by Crippen LogP contribution is -2.41. The van der Waals surface area contributed by atoms with Gasteiger partial charge in [0.1, 0.15) is 5.69 Å². The molecule has 6 heteroatoms. The number of carbonyl (C=O) groups is 2. The molecule has 3 heterocycles. The smallest absolute Gasteiger partial charge is 0.309 e. The van der Waals surface area contributed by atoms with Crippen molar-refractivity contribution in [2.75, 3.05) is 19.7 Å². The number of hydrogen-bond donors (Lipinski definition) is 0. The fraction of sp³-hybridized carbons (Fsp3) is 0.529. The Bertz CT molecular complexity index is 711. The average molecular weight is 334 g/mol. The Balaban J connectivity index is 1.71. The molecule has 1 fully saturated rings. The maximum Gasteiger partial charge on any atom is 0.309 e. The summed E-state index contributed by atoms with van der Waals surface area (Å²) in [6.45, 7) is 6.30. The number of esters is 1. The number of piperidine rings is 1. The van der Waals surface area contributed by atoms with E-state index in [1.807, 2.05) is 17.9 Å². The molecule has 0 unspecified atom stereocenters. The molecule has 0 bridgehead atoms. The van der Waals surface area contributed by atoms with Gasteiger partial charge in [-0.05, 0) is 44.2 Å². The van der Waals surface area contributed by atoms with Crippen LogP contribution in [0.5, 0.6) is 0 Å². The highest BCUT2D eigenvalue weighted by Gasteiger charge is 2.30. The lowest BCUT2D eigenvalue weighted by Gasteiger charge is -2.31. The van der Waals surface area contributed by atoms with Crippen molar-refractivity contribution in [1.29, 1.82) is 0 Å². The molecule has 0 N–H and O–H groups in total. The number of aromatic nitrogens is 1. The maximum absolute atomic E-state index is 12.8. The zero-order valence-corrected chi connectivity index (χ0v) is 14.4. The highest BCUT2D eigenvalue weighted by Crippen LogP contribution is 2.27. The van der Waals surface area contributed by atoms with Crippen LogP contribution in [0.2, 0.25) is 0 Å². The first kappa shape index (κ1) is 16.1. The second kappa shape index (κ2) is 6.74. The van der Waals surface area contributed by atoms with E-state index in [0.29, 0.717) is 32.5 Å². The van der Waals surface area contributed by atoms with Crippen LogP contribution in [-0.4, -0.2) is 41.0 Å². The van der Waals surface area contributed by atoms with Crippen molar-refractivity contribution in [2.45, 2.75) is 33.2 Å². The minimum absolute atomic E-state index is 0.0672. The molecule has 0 aromatic carbocycles. The van der Waals surface area contributed by atoms with E-state index < -0.39 is 0 Å². The zero-order valence-electron chi connectivity index (χ0n) is 13.6. The Kier molecular flexibility index (Phi) is 4.71. The number of rotatable bonds is 4. The van der Waals surface area contributed by atoms with Crippen molar-refractivity contribution in [1.82, 2.24) is 9.47 Å². The lowest BCUT2D eigenvalue weighted by molar-refractivity contribution is -0.149. The molecule has 1 aliphatic rings. The minimum atomic E-state index is -0.128. The van der Waals surface area contributed by atoms with E-state index in [-0.39, 0.29) is 17.8 Å². The third-order valence-electron chi connectivity index (χ3n) is 4.46. The molecule has 1 aliphatic heterocycles. The van der Waals surface area contributed by atoms with E-state index in [0.717, 1.165) is 22.5 Å². The number of aryl methyl sites for hydroxylation is 1. The van der Waals surface area contributed by atoms with Gasteiger partial charge in [-0.25, -0.2) is 0 Å². The van der Waals surface area contributed by atoms with Crippen LogP contribution in [0.25, 0.3) is 10.2 Å². The van der Waals surface area contributed by atoms with Gasteiger partial charge in [-0.2, -0.15) is 0 Å². The van der Waals surface area contributed by atoms with Crippen LogP contribution in [-0.2, 0) is 16.1 Å². The van der Waals surface area contributed by atoms with Gasteiger partial charge in [0.2, 0.25) is 0 Å². The summed E-state index contributed by atoms with van der Waals surface area (Å²) in [7, 11) is 0. The Morgan fingerprint density at radius 3 is 2.70 bits per heavy atom. The molecule has 2 aromatic heterocycles. The first-order valence-electron chi connectivity index (χ1n) is 8.18. The quantitative estimate of drug-likeness (QED) is 0.807. The van der Waals surface area contributed by atoms with E-state index >= 15 is 0 Å². The third kappa shape index (κ3) is 3.00. The van der Waals surface area contributed by atoms with Gasteiger partial charge in [-0.3, -0.25) is 9.59 Å². The molecule has 0 radical (unpaired) electrons. The number of amides is 1. The molecule has 5 nitrogen and oxygen atoms in total. The van der Waals surface area contributed by atoms with Gasteiger partial charge in [0.05, 0.1) is 22.7 Å². The minimum Gasteiger partial charge on any atom is -0.466 e. The van der Waals surface area contributed by atoms with Gasteiger partial charge in [0.15, 0.2) is 0 Å². The zero-order chi connectivity index (χ0) is 16.4.